The van der Waals surface area contributed by atoms with Crippen LogP contribution in [0.5, 0.6) is 0 Å². The molecule has 1 saturated heterocycles. The van der Waals surface area contributed by atoms with E-state index in [9.17, 15) is 4.79 Å². The molecule has 0 aliphatic carbocycles. The Labute approximate surface area is 119 Å². The first-order chi connectivity index (χ1) is 9.37. The Morgan fingerprint density at radius 2 is 2.20 bits per heavy atom. The Morgan fingerprint density at radius 1 is 1.45 bits per heavy atom. The van der Waals surface area contributed by atoms with Gasteiger partial charge in [-0.15, -0.1) is 0 Å². The van der Waals surface area contributed by atoms with Crippen molar-refractivity contribution in [2.24, 2.45) is 0 Å². The molecule has 1 heterocycles. The van der Waals surface area contributed by atoms with E-state index < -0.39 is 5.60 Å². The number of ether oxygens (including phenoxy) is 2. The number of rotatable bonds is 1. The van der Waals surface area contributed by atoms with Crippen LogP contribution < -0.4 is 5.73 Å². The predicted octanol–water partition coefficient (Wildman–Crippen LogP) is 2.58. The molecule has 2 rings (SSSR count). The average molecular weight is 278 g/mol. The topological polar surface area (TPSA) is 64.8 Å². The maximum Gasteiger partial charge on any atom is 0.410 e. The van der Waals surface area contributed by atoms with Crippen LogP contribution in [0.1, 0.15) is 32.4 Å². The molecule has 1 unspecified atom stereocenters. The third kappa shape index (κ3) is 3.63. The van der Waals surface area contributed by atoms with Crippen LogP contribution in [-0.4, -0.2) is 36.4 Å². The molecule has 0 radical (unpaired) electrons. The van der Waals surface area contributed by atoms with Crippen LogP contribution in [0, 0.1) is 0 Å². The van der Waals surface area contributed by atoms with E-state index >= 15 is 0 Å². The van der Waals surface area contributed by atoms with Gasteiger partial charge in [-0.05, 0) is 38.5 Å². The van der Waals surface area contributed by atoms with E-state index in [-0.39, 0.29) is 12.1 Å². The van der Waals surface area contributed by atoms with Crippen LogP contribution in [0.2, 0.25) is 0 Å². The van der Waals surface area contributed by atoms with Gasteiger partial charge in [0.25, 0.3) is 0 Å². The van der Waals surface area contributed by atoms with Gasteiger partial charge in [0.1, 0.15) is 5.60 Å². The number of benzene rings is 1. The summed E-state index contributed by atoms with van der Waals surface area (Å²) in [7, 11) is 0. The van der Waals surface area contributed by atoms with E-state index in [0.717, 1.165) is 5.56 Å². The van der Waals surface area contributed by atoms with Crippen molar-refractivity contribution in [1.82, 2.24) is 4.90 Å². The van der Waals surface area contributed by atoms with Crippen LogP contribution in [0.15, 0.2) is 24.3 Å². The van der Waals surface area contributed by atoms with Gasteiger partial charge in [0.05, 0.1) is 19.3 Å². The Bertz CT molecular complexity index is 482. The highest BCUT2D eigenvalue weighted by molar-refractivity contribution is 5.69. The Morgan fingerprint density at radius 3 is 2.85 bits per heavy atom. The van der Waals surface area contributed by atoms with Gasteiger partial charge in [0.15, 0.2) is 0 Å². The first kappa shape index (κ1) is 14.7. The summed E-state index contributed by atoms with van der Waals surface area (Å²) in [4.78, 5) is 14.0. The highest BCUT2D eigenvalue weighted by Gasteiger charge is 2.31. The van der Waals surface area contributed by atoms with Gasteiger partial charge in [-0.25, -0.2) is 4.79 Å². The monoisotopic (exact) mass is 278 g/mol. The van der Waals surface area contributed by atoms with Crippen molar-refractivity contribution in [2.75, 3.05) is 25.5 Å². The molecule has 1 aromatic rings. The van der Waals surface area contributed by atoms with E-state index in [1.54, 1.807) is 4.90 Å². The third-order valence-corrected chi connectivity index (χ3v) is 3.05. The van der Waals surface area contributed by atoms with E-state index in [1.807, 2.05) is 45.0 Å². The number of morpholine rings is 1. The van der Waals surface area contributed by atoms with Crippen molar-refractivity contribution in [3.63, 3.8) is 0 Å². The maximum atomic E-state index is 12.3. The minimum Gasteiger partial charge on any atom is -0.444 e. The van der Waals surface area contributed by atoms with E-state index in [0.29, 0.717) is 25.4 Å². The predicted molar refractivity (Wildman–Crippen MR) is 77.4 cm³/mol. The largest absolute Gasteiger partial charge is 0.444 e. The second-order valence-corrected chi connectivity index (χ2v) is 5.93. The second kappa shape index (κ2) is 5.71. The van der Waals surface area contributed by atoms with Crippen molar-refractivity contribution < 1.29 is 14.3 Å². The Balaban J connectivity index is 2.19. The molecule has 1 fully saturated rings. The quantitative estimate of drug-likeness (QED) is 0.802. The van der Waals surface area contributed by atoms with Crippen molar-refractivity contribution in [2.45, 2.75) is 32.4 Å². The lowest BCUT2D eigenvalue weighted by Gasteiger charge is -2.36. The standard InChI is InChI=1S/C15H22N2O3/c1-15(2,3)20-14(18)17-7-8-19-10-13(17)11-5-4-6-12(16)9-11/h4-6,9,13H,7-8,10,16H2,1-3H3. The van der Waals surface area contributed by atoms with E-state index in [2.05, 4.69) is 0 Å². The molecule has 0 saturated carbocycles. The van der Waals surface area contributed by atoms with Gasteiger partial charge < -0.3 is 15.2 Å². The van der Waals surface area contributed by atoms with Gasteiger partial charge in [0, 0.05) is 12.2 Å². The molecule has 1 aliphatic rings. The lowest BCUT2D eigenvalue weighted by molar-refractivity contribution is -0.0331. The first-order valence-electron chi connectivity index (χ1n) is 6.79. The fraction of sp³-hybridized carbons (Fsp3) is 0.533. The minimum absolute atomic E-state index is 0.151. The number of amides is 1. The number of nitrogens with two attached hydrogens (primary N) is 1. The molecule has 2 N–H and O–H groups in total. The summed E-state index contributed by atoms with van der Waals surface area (Å²) in [5, 5.41) is 0. The molecule has 1 amide bonds. The summed E-state index contributed by atoms with van der Waals surface area (Å²) in [6.45, 7) is 7.09. The van der Waals surface area contributed by atoms with Crippen LogP contribution in [0.3, 0.4) is 0 Å². The zero-order valence-electron chi connectivity index (χ0n) is 12.3. The molecule has 5 heteroatoms. The Hall–Kier alpha value is -1.75. The van der Waals surface area contributed by atoms with Crippen molar-refractivity contribution in [3.8, 4) is 0 Å². The molecule has 0 spiro atoms. The molecule has 110 valence electrons. The summed E-state index contributed by atoms with van der Waals surface area (Å²) in [5.41, 5.74) is 6.95. The lowest BCUT2D eigenvalue weighted by Crippen LogP contribution is -2.45. The zero-order valence-corrected chi connectivity index (χ0v) is 12.3. The number of nitrogen functional groups attached to an aromatic ring is 1. The number of hydrogen-bond donors (Lipinski definition) is 1. The number of nitrogens with zero attached hydrogens (tertiary/aromatic N) is 1. The molecular weight excluding hydrogens is 256 g/mol. The maximum absolute atomic E-state index is 12.3. The number of carbonyl (C=O) groups is 1. The van der Waals surface area contributed by atoms with Crippen LogP contribution in [0.25, 0.3) is 0 Å². The van der Waals surface area contributed by atoms with Crippen molar-refractivity contribution in [3.05, 3.63) is 29.8 Å². The first-order valence-corrected chi connectivity index (χ1v) is 6.79. The van der Waals surface area contributed by atoms with E-state index in [4.69, 9.17) is 15.2 Å². The van der Waals surface area contributed by atoms with Crippen LogP contribution >= 0.6 is 0 Å². The summed E-state index contributed by atoms with van der Waals surface area (Å²) < 4.78 is 11.0. The summed E-state index contributed by atoms with van der Waals surface area (Å²) in [6, 6.07) is 7.38. The van der Waals surface area contributed by atoms with Gasteiger partial charge >= 0.3 is 6.09 Å². The smallest absolute Gasteiger partial charge is 0.410 e. The molecular formula is C15H22N2O3. The van der Waals surface area contributed by atoms with Crippen molar-refractivity contribution in [1.29, 1.82) is 0 Å². The lowest BCUT2D eigenvalue weighted by atomic mass is 10.0. The molecule has 0 bridgehead atoms. The highest BCUT2D eigenvalue weighted by atomic mass is 16.6. The number of anilines is 1. The average Bonchev–Trinajstić information content (AvgIpc) is 2.37. The van der Waals surface area contributed by atoms with Crippen LogP contribution in [0.4, 0.5) is 10.5 Å². The summed E-state index contributed by atoms with van der Waals surface area (Å²) >= 11 is 0. The van der Waals surface area contributed by atoms with Gasteiger partial charge in [0.2, 0.25) is 0 Å². The van der Waals surface area contributed by atoms with Gasteiger partial charge in [-0.1, -0.05) is 12.1 Å². The minimum atomic E-state index is -0.504. The molecule has 0 aromatic heterocycles. The highest BCUT2D eigenvalue weighted by Crippen LogP contribution is 2.27. The number of hydrogen-bond acceptors (Lipinski definition) is 4. The Kier molecular flexibility index (Phi) is 4.18. The molecule has 20 heavy (non-hydrogen) atoms. The fourth-order valence-corrected chi connectivity index (χ4v) is 2.19. The molecule has 1 aromatic carbocycles. The molecule has 1 atom stereocenters. The molecule has 1 aliphatic heterocycles. The van der Waals surface area contributed by atoms with Crippen LogP contribution in [-0.2, 0) is 9.47 Å². The second-order valence-electron chi connectivity index (χ2n) is 5.93. The van der Waals surface area contributed by atoms with Gasteiger partial charge in [-0.3, -0.25) is 4.90 Å². The fourth-order valence-electron chi connectivity index (χ4n) is 2.19. The SMILES string of the molecule is CC(C)(C)OC(=O)N1CCOCC1c1cccc(N)c1. The number of carbonyl (C=O) groups excluding carboxylic acids is 1. The summed E-state index contributed by atoms with van der Waals surface area (Å²) in [6.07, 6.45) is -0.312. The van der Waals surface area contributed by atoms with E-state index in [1.165, 1.54) is 0 Å². The summed E-state index contributed by atoms with van der Waals surface area (Å²) in [5.74, 6) is 0. The third-order valence-electron chi connectivity index (χ3n) is 3.05. The molecule has 5 nitrogen and oxygen atoms in total. The zero-order chi connectivity index (χ0) is 14.8. The normalized spacial score (nSPS) is 19.8. The van der Waals surface area contributed by atoms with Gasteiger partial charge in [-0.2, -0.15) is 0 Å². The van der Waals surface area contributed by atoms with Crippen molar-refractivity contribution >= 4 is 11.8 Å².